The number of aryl methyl sites for hydroxylation is 2. The van der Waals surface area contributed by atoms with Gasteiger partial charge in [0.15, 0.2) is 16.5 Å². The Morgan fingerprint density at radius 1 is 1.15 bits per heavy atom. The van der Waals surface area contributed by atoms with Gasteiger partial charge in [-0.1, -0.05) is 17.4 Å². The molecule has 4 aromatic rings. The first kappa shape index (κ1) is 17.2. The number of thiazole rings is 1. The van der Waals surface area contributed by atoms with Crippen LogP contribution in [-0.4, -0.2) is 26.6 Å². The largest absolute Gasteiger partial charge is 0.504 e. The fourth-order valence-electron chi connectivity index (χ4n) is 2.99. The van der Waals surface area contributed by atoms with Gasteiger partial charge in [0, 0.05) is 23.1 Å². The van der Waals surface area contributed by atoms with Gasteiger partial charge in [0.1, 0.15) is 0 Å². The molecule has 0 radical (unpaired) electrons. The van der Waals surface area contributed by atoms with Gasteiger partial charge in [-0.15, -0.1) is 0 Å². The number of aromatic nitrogens is 3. The second-order valence-electron chi connectivity index (χ2n) is 6.26. The third kappa shape index (κ3) is 3.17. The van der Waals surface area contributed by atoms with Crippen LogP contribution in [0.4, 0.5) is 0 Å². The van der Waals surface area contributed by atoms with Crippen LogP contribution >= 0.6 is 11.3 Å². The minimum absolute atomic E-state index is 0.0607. The maximum Gasteiger partial charge on any atom is 0.274 e. The molecule has 0 fully saturated rings. The molecule has 7 heteroatoms. The van der Waals surface area contributed by atoms with Crippen LogP contribution in [0.3, 0.4) is 0 Å². The fourth-order valence-corrected chi connectivity index (χ4v) is 3.94. The van der Waals surface area contributed by atoms with Crippen LogP contribution in [0.5, 0.6) is 11.5 Å². The molecular weight excluding hydrogens is 362 g/mol. The molecule has 0 saturated heterocycles. The zero-order chi connectivity index (χ0) is 19.1. The van der Waals surface area contributed by atoms with E-state index in [2.05, 4.69) is 9.97 Å². The van der Waals surface area contributed by atoms with Gasteiger partial charge in [-0.05, 0) is 49.8 Å². The standard InChI is InChI=1S/C20H17N3O3S/c1-11-6-14(7-12(2)21-11)15-10-23-19(25)18(27-20(23)22-15)9-13-4-5-16(24)17(8-13)26-3/h4-10,24H,1-3H3. The Morgan fingerprint density at radius 3 is 2.56 bits per heavy atom. The van der Waals surface area contributed by atoms with Crippen molar-refractivity contribution < 1.29 is 9.84 Å². The molecular formula is C20H17N3O3S. The van der Waals surface area contributed by atoms with Gasteiger partial charge >= 0.3 is 0 Å². The van der Waals surface area contributed by atoms with Crippen molar-refractivity contribution in [3.05, 3.63) is 68.4 Å². The highest BCUT2D eigenvalue weighted by molar-refractivity contribution is 7.15. The van der Waals surface area contributed by atoms with Gasteiger partial charge in [0.05, 0.1) is 17.3 Å². The average molecular weight is 379 g/mol. The summed E-state index contributed by atoms with van der Waals surface area (Å²) in [6.45, 7) is 3.87. The van der Waals surface area contributed by atoms with E-state index in [0.29, 0.717) is 15.2 Å². The van der Waals surface area contributed by atoms with Crippen LogP contribution in [0.1, 0.15) is 17.0 Å². The number of phenolic OH excluding ortho intramolecular Hbond substituents is 1. The van der Waals surface area contributed by atoms with Gasteiger partial charge in [-0.2, -0.15) is 0 Å². The number of phenols is 1. The summed E-state index contributed by atoms with van der Waals surface area (Å²) in [4.78, 5) is 22.4. The van der Waals surface area contributed by atoms with Crippen molar-refractivity contribution >= 4 is 22.4 Å². The lowest BCUT2D eigenvalue weighted by Crippen LogP contribution is -2.22. The smallest absolute Gasteiger partial charge is 0.274 e. The monoisotopic (exact) mass is 379 g/mol. The lowest BCUT2D eigenvalue weighted by molar-refractivity contribution is 0.373. The van der Waals surface area contributed by atoms with Crippen LogP contribution < -0.4 is 14.8 Å². The van der Waals surface area contributed by atoms with Crippen molar-refractivity contribution in [2.45, 2.75) is 13.8 Å². The van der Waals surface area contributed by atoms with Crippen LogP contribution in [0.2, 0.25) is 0 Å². The first-order valence-corrected chi connectivity index (χ1v) is 9.12. The molecule has 0 saturated carbocycles. The number of hydrogen-bond acceptors (Lipinski definition) is 6. The predicted octanol–water partition coefficient (Wildman–Crippen LogP) is 2.70. The molecule has 3 aromatic heterocycles. The molecule has 4 rings (SSSR count). The molecule has 3 heterocycles. The topological polar surface area (TPSA) is 76.7 Å². The summed E-state index contributed by atoms with van der Waals surface area (Å²) >= 11 is 1.33. The molecule has 136 valence electrons. The Bertz CT molecular complexity index is 1250. The Hall–Kier alpha value is -3.19. The van der Waals surface area contributed by atoms with Crippen molar-refractivity contribution in [2.75, 3.05) is 7.11 Å². The summed E-state index contributed by atoms with van der Waals surface area (Å²) in [6.07, 6.45) is 3.53. The number of imidazole rings is 1. The minimum Gasteiger partial charge on any atom is -0.504 e. The second-order valence-corrected chi connectivity index (χ2v) is 7.27. The van der Waals surface area contributed by atoms with Crippen molar-refractivity contribution in [3.8, 4) is 22.8 Å². The molecule has 1 N–H and O–H groups in total. The van der Waals surface area contributed by atoms with Crippen molar-refractivity contribution in [2.24, 2.45) is 0 Å². The minimum atomic E-state index is -0.122. The third-order valence-electron chi connectivity index (χ3n) is 4.18. The number of nitrogens with zero attached hydrogens (tertiary/aromatic N) is 3. The fraction of sp³-hybridized carbons (Fsp3) is 0.150. The molecule has 0 aliphatic carbocycles. The normalized spacial score (nSPS) is 12.0. The number of pyridine rings is 1. The molecule has 27 heavy (non-hydrogen) atoms. The Labute approximate surface area is 159 Å². The van der Waals surface area contributed by atoms with E-state index in [9.17, 15) is 9.90 Å². The Kier molecular flexibility index (Phi) is 4.16. The number of hydrogen-bond donors (Lipinski definition) is 1. The molecule has 0 bridgehead atoms. The SMILES string of the molecule is COc1cc(C=c2sc3nc(-c4cc(C)nc(C)c4)cn3c2=O)ccc1O. The summed E-state index contributed by atoms with van der Waals surface area (Å²) < 4.78 is 7.25. The molecule has 0 unspecified atom stereocenters. The van der Waals surface area contributed by atoms with Gasteiger partial charge in [0.2, 0.25) is 0 Å². The molecule has 0 atom stereocenters. The summed E-state index contributed by atoms with van der Waals surface area (Å²) in [5, 5.41) is 9.70. The summed E-state index contributed by atoms with van der Waals surface area (Å²) in [5.74, 6) is 0.425. The van der Waals surface area contributed by atoms with Crippen molar-refractivity contribution in [1.82, 2.24) is 14.4 Å². The maximum absolute atomic E-state index is 12.7. The summed E-state index contributed by atoms with van der Waals surface area (Å²) in [7, 11) is 1.49. The molecule has 0 aliphatic rings. The predicted molar refractivity (Wildman–Crippen MR) is 105 cm³/mol. The molecule has 6 nitrogen and oxygen atoms in total. The van der Waals surface area contributed by atoms with Crippen molar-refractivity contribution in [3.63, 3.8) is 0 Å². The zero-order valence-electron chi connectivity index (χ0n) is 15.1. The van der Waals surface area contributed by atoms with E-state index < -0.39 is 0 Å². The van der Waals surface area contributed by atoms with E-state index in [1.165, 1.54) is 18.4 Å². The van der Waals surface area contributed by atoms with Gasteiger partial charge in [-0.3, -0.25) is 14.2 Å². The number of fused-ring (bicyclic) bond motifs is 1. The zero-order valence-corrected chi connectivity index (χ0v) is 15.9. The van der Waals surface area contributed by atoms with Crippen LogP contribution in [-0.2, 0) is 0 Å². The highest BCUT2D eigenvalue weighted by atomic mass is 32.1. The highest BCUT2D eigenvalue weighted by Gasteiger charge is 2.11. The van der Waals surface area contributed by atoms with E-state index in [0.717, 1.165) is 28.2 Å². The summed E-state index contributed by atoms with van der Waals surface area (Å²) in [5.41, 5.74) is 4.18. The molecule has 0 aliphatic heterocycles. The first-order chi connectivity index (χ1) is 12.9. The van der Waals surface area contributed by atoms with E-state index in [4.69, 9.17) is 4.74 Å². The Balaban J connectivity index is 1.80. The number of ether oxygens (including phenoxy) is 1. The van der Waals surface area contributed by atoms with Gasteiger partial charge in [0.25, 0.3) is 5.56 Å². The van der Waals surface area contributed by atoms with Crippen LogP contribution in [0, 0.1) is 13.8 Å². The van der Waals surface area contributed by atoms with E-state index in [-0.39, 0.29) is 11.3 Å². The van der Waals surface area contributed by atoms with Crippen LogP contribution in [0.25, 0.3) is 22.3 Å². The average Bonchev–Trinajstić information content (AvgIpc) is 3.16. The molecule has 1 aromatic carbocycles. The quantitative estimate of drug-likeness (QED) is 0.592. The number of methoxy groups -OCH3 is 1. The maximum atomic E-state index is 12.7. The van der Waals surface area contributed by atoms with E-state index in [1.807, 2.05) is 26.0 Å². The first-order valence-electron chi connectivity index (χ1n) is 8.31. The van der Waals surface area contributed by atoms with Gasteiger partial charge in [-0.25, -0.2) is 4.98 Å². The third-order valence-corrected chi connectivity index (χ3v) is 5.17. The molecule has 0 amide bonds. The van der Waals surface area contributed by atoms with Crippen LogP contribution in [0.15, 0.2) is 41.3 Å². The lowest BCUT2D eigenvalue weighted by Gasteiger charge is -2.03. The second kappa shape index (κ2) is 6.51. The van der Waals surface area contributed by atoms with E-state index >= 15 is 0 Å². The van der Waals surface area contributed by atoms with Gasteiger partial charge < -0.3 is 9.84 Å². The molecule has 0 spiro atoms. The number of rotatable bonds is 3. The highest BCUT2D eigenvalue weighted by Crippen LogP contribution is 2.26. The lowest BCUT2D eigenvalue weighted by atomic mass is 10.1. The van der Waals surface area contributed by atoms with E-state index in [1.54, 1.807) is 34.9 Å². The van der Waals surface area contributed by atoms with Crippen molar-refractivity contribution in [1.29, 1.82) is 0 Å². The Morgan fingerprint density at radius 2 is 1.89 bits per heavy atom. The number of benzene rings is 1. The number of aromatic hydroxyl groups is 1. The summed E-state index contributed by atoms with van der Waals surface area (Å²) in [6, 6.07) is 8.87.